The zero-order valence-electron chi connectivity index (χ0n) is 30.9. The lowest BCUT2D eigenvalue weighted by atomic mass is 10.1. The molecule has 0 radical (unpaired) electrons. The second-order valence-corrected chi connectivity index (χ2v) is 13.5. The molecule has 18 heteroatoms. The SMILES string of the molecule is CC(C)(C)OC(=O)NC(Cc1ccc(OCCCN=[N+]=[N-])cc1)C(=O)OCOC(=O)C(Cc1ccc(OCCCN=[N+]=[N-])cc1)NC(=O)OC(C)(C)C. The van der Waals surface area contributed by atoms with Crippen molar-refractivity contribution in [3.05, 3.63) is 80.5 Å². The van der Waals surface area contributed by atoms with Crippen LogP contribution >= 0.6 is 0 Å². The highest BCUT2D eigenvalue weighted by Crippen LogP contribution is 2.17. The third-order valence-corrected chi connectivity index (χ3v) is 6.55. The Morgan fingerprint density at radius 1 is 0.642 bits per heavy atom. The van der Waals surface area contributed by atoms with Crippen LogP contribution in [-0.4, -0.2) is 80.5 Å². The molecule has 288 valence electrons. The van der Waals surface area contributed by atoms with Crippen molar-refractivity contribution >= 4 is 24.1 Å². The summed E-state index contributed by atoms with van der Waals surface area (Å²) in [6, 6.07) is 11.1. The predicted octanol–water partition coefficient (Wildman–Crippen LogP) is 6.46. The first kappa shape index (κ1) is 43.3. The molecule has 0 spiro atoms. The van der Waals surface area contributed by atoms with Gasteiger partial charge in [0.15, 0.2) is 0 Å². The van der Waals surface area contributed by atoms with Gasteiger partial charge in [0.1, 0.15) is 34.8 Å². The number of hydrogen-bond donors (Lipinski definition) is 2. The number of esters is 2. The van der Waals surface area contributed by atoms with Gasteiger partial charge in [0.2, 0.25) is 6.79 Å². The third-order valence-electron chi connectivity index (χ3n) is 6.55. The van der Waals surface area contributed by atoms with Crippen LogP contribution in [0.2, 0.25) is 0 Å². The van der Waals surface area contributed by atoms with Crippen molar-refractivity contribution in [3.8, 4) is 11.5 Å². The van der Waals surface area contributed by atoms with Crippen molar-refractivity contribution < 1.29 is 47.6 Å². The predicted molar refractivity (Wildman–Crippen MR) is 192 cm³/mol. The van der Waals surface area contributed by atoms with E-state index in [0.29, 0.717) is 61.8 Å². The summed E-state index contributed by atoms with van der Waals surface area (Å²) < 4.78 is 32.4. The van der Waals surface area contributed by atoms with Gasteiger partial charge in [0, 0.05) is 35.8 Å². The van der Waals surface area contributed by atoms with Crippen LogP contribution in [0, 0.1) is 0 Å². The molecule has 0 aliphatic rings. The lowest BCUT2D eigenvalue weighted by Crippen LogP contribution is -2.47. The molecule has 0 aromatic heterocycles. The molecule has 2 aromatic rings. The summed E-state index contributed by atoms with van der Waals surface area (Å²) in [4.78, 5) is 57.1. The number of amides is 2. The lowest BCUT2D eigenvalue weighted by molar-refractivity contribution is -0.170. The van der Waals surface area contributed by atoms with Gasteiger partial charge in [0.05, 0.1) is 13.2 Å². The summed E-state index contributed by atoms with van der Waals surface area (Å²) in [6.07, 6.45) is -0.648. The first-order chi connectivity index (χ1) is 25.1. The zero-order valence-corrected chi connectivity index (χ0v) is 30.9. The van der Waals surface area contributed by atoms with Crippen molar-refractivity contribution in [2.24, 2.45) is 10.2 Å². The maximum absolute atomic E-state index is 13.2. The number of alkyl carbamates (subject to hydrolysis) is 2. The molecule has 0 fully saturated rings. The van der Waals surface area contributed by atoms with Crippen LogP contribution in [0.15, 0.2) is 58.8 Å². The molecule has 0 aliphatic heterocycles. The molecular weight excluding hydrogens is 692 g/mol. The summed E-state index contributed by atoms with van der Waals surface area (Å²) in [5, 5.41) is 11.9. The molecule has 53 heavy (non-hydrogen) atoms. The van der Waals surface area contributed by atoms with E-state index in [1.807, 2.05) is 0 Å². The minimum absolute atomic E-state index is 0.000470. The van der Waals surface area contributed by atoms with Gasteiger partial charge in [-0.25, -0.2) is 19.2 Å². The fourth-order valence-corrected chi connectivity index (χ4v) is 4.29. The lowest BCUT2D eigenvalue weighted by Gasteiger charge is -2.24. The number of carbonyl (C=O) groups is 4. The van der Waals surface area contributed by atoms with Crippen molar-refractivity contribution in [2.45, 2.75) is 90.5 Å². The van der Waals surface area contributed by atoms with Gasteiger partial charge in [0.25, 0.3) is 0 Å². The van der Waals surface area contributed by atoms with Gasteiger partial charge in [-0.15, -0.1) is 0 Å². The first-order valence-electron chi connectivity index (χ1n) is 16.9. The summed E-state index contributed by atoms with van der Waals surface area (Å²) in [5.41, 5.74) is 16.4. The van der Waals surface area contributed by atoms with Crippen LogP contribution < -0.4 is 20.1 Å². The van der Waals surface area contributed by atoms with Gasteiger partial charge in [-0.2, -0.15) is 0 Å². The number of carbonyl (C=O) groups excluding carboxylic acids is 4. The zero-order chi connectivity index (χ0) is 39.3. The minimum atomic E-state index is -1.23. The van der Waals surface area contributed by atoms with Gasteiger partial charge in [-0.05, 0) is 101 Å². The molecule has 2 aromatic carbocycles. The van der Waals surface area contributed by atoms with Gasteiger partial charge in [-0.3, -0.25) is 0 Å². The van der Waals surface area contributed by atoms with E-state index in [0.717, 1.165) is 0 Å². The molecule has 18 nitrogen and oxygen atoms in total. The van der Waals surface area contributed by atoms with E-state index < -0.39 is 54.2 Å². The average molecular weight is 741 g/mol. The number of nitrogens with one attached hydrogen (secondary N) is 2. The number of nitrogens with zero attached hydrogens (tertiary/aromatic N) is 6. The van der Waals surface area contributed by atoms with Crippen LogP contribution in [0.5, 0.6) is 11.5 Å². The Labute approximate surface area is 308 Å². The van der Waals surface area contributed by atoms with E-state index in [4.69, 9.17) is 39.5 Å². The fraction of sp³-hybridized carbons (Fsp3) is 0.543. The summed E-state index contributed by atoms with van der Waals surface area (Å²) in [6.45, 7) is 10.5. The molecule has 2 rings (SSSR count). The Kier molecular flexibility index (Phi) is 18.1. The molecule has 0 saturated heterocycles. The summed E-state index contributed by atoms with van der Waals surface area (Å²) >= 11 is 0. The standard InChI is InChI=1S/C35H48N8O10/c1-34(2,3)52-32(46)40-28(21-24-9-13-26(14-10-24)48-19-7-17-38-42-36)30(44)50-23-51-31(45)29(41-33(47)53-35(4,5)6)22-25-11-15-27(16-12-25)49-20-8-18-39-43-37/h9-16,28-29H,7-8,17-23H2,1-6H3,(H,40,46)(H,41,47). The molecule has 2 N–H and O–H groups in total. The van der Waals surface area contributed by atoms with Crippen LogP contribution in [0.25, 0.3) is 20.9 Å². The van der Waals surface area contributed by atoms with E-state index in [9.17, 15) is 19.2 Å². The van der Waals surface area contributed by atoms with Crippen molar-refractivity contribution in [1.29, 1.82) is 0 Å². The normalized spacial score (nSPS) is 12.0. The molecule has 2 amide bonds. The van der Waals surface area contributed by atoms with E-state index in [1.165, 1.54) is 0 Å². The van der Waals surface area contributed by atoms with E-state index >= 15 is 0 Å². The third kappa shape index (κ3) is 19.4. The van der Waals surface area contributed by atoms with E-state index in [-0.39, 0.29) is 12.8 Å². The Hall–Kier alpha value is -5.86. The molecule has 0 bridgehead atoms. The summed E-state index contributed by atoms with van der Waals surface area (Å²) in [5.74, 6) is -0.709. The van der Waals surface area contributed by atoms with Crippen molar-refractivity contribution in [1.82, 2.24) is 10.6 Å². The Morgan fingerprint density at radius 3 is 1.32 bits per heavy atom. The second-order valence-electron chi connectivity index (χ2n) is 13.5. The minimum Gasteiger partial charge on any atom is -0.494 e. The highest BCUT2D eigenvalue weighted by molar-refractivity contribution is 5.83. The number of rotatable bonds is 20. The van der Waals surface area contributed by atoms with Gasteiger partial charge >= 0.3 is 24.1 Å². The molecule has 0 aliphatic carbocycles. The molecule has 0 saturated carbocycles. The number of benzene rings is 2. The smallest absolute Gasteiger partial charge is 0.408 e. The highest BCUT2D eigenvalue weighted by Gasteiger charge is 2.29. The quantitative estimate of drug-likeness (QED) is 0.0285. The summed E-state index contributed by atoms with van der Waals surface area (Å²) in [7, 11) is 0. The largest absolute Gasteiger partial charge is 0.494 e. The number of azide groups is 2. The van der Waals surface area contributed by atoms with Gasteiger partial charge in [-0.1, -0.05) is 34.5 Å². The Morgan fingerprint density at radius 2 is 1.00 bits per heavy atom. The second kappa shape index (κ2) is 22.2. The molecular formula is C35H48N8O10. The Balaban J connectivity index is 2.09. The topological polar surface area (TPSA) is 245 Å². The van der Waals surface area contributed by atoms with E-state index in [2.05, 4.69) is 30.7 Å². The van der Waals surface area contributed by atoms with Crippen LogP contribution in [0.1, 0.15) is 65.5 Å². The van der Waals surface area contributed by atoms with Crippen LogP contribution in [0.4, 0.5) is 9.59 Å². The number of ether oxygens (including phenoxy) is 6. The van der Waals surface area contributed by atoms with Crippen molar-refractivity contribution in [2.75, 3.05) is 33.1 Å². The van der Waals surface area contributed by atoms with Gasteiger partial charge < -0.3 is 39.1 Å². The first-order valence-corrected chi connectivity index (χ1v) is 16.9. The number of hydrogen-bond acceptors (Lipinski definition) is 12. The van der Waals surface area contributed by atoms with Crippen LogP contribution in [-0.2, 0) is 41.4 Å². The van der Waals surface area contributed by atoms with Crippen LogP contribution in [0.3, 0.4) is 0 Å². The monoisotopic (exact) mass is 740 g/mol. The molecule has 0 heterocycles. The molecule has 2 unspecified atom stereocenters. The Bertz CT molecular complexity index is 1460. The fourth-order valence-electron chi connectivity index (χ4n) is 4.29. The van der Waals surface area contributed by atoms with Crippen molar-refractivity contribution in [3.63, 3.8) is 0 Å². The molecule has 2 atom stereocenters. The maximum atomic E-state index is 13.2. The maximum Gasteiger partial charge on any atom is 0.408 e. The van der Waals surface area contributed by atoms with E-state index in [1.54, 1.807) is 90.1 Å². The average Bonchev–Trinajstić information content (AvgIpc) is 3.07. The highest BCUT2D eigenvalue weighted by atomic mass is 16.7.